The molecule has 0 aromatic rings. The molecule has 2 rings (SSSR count). The van der Waals surface area contributed by atoms with E-state index < -0.39 is 74.6 Å². The van der Waals surface area contributed by atoms with Crippen molar-refractivity contribution < 1.29 is 59.8 Å². The number of aliphatic hydroxyl groups excluding tert-OH is 8. The summed E-state index contributed by atoms with van der Waals surface area (Å²) in [5.41, 5.74) is 0. The van der Waals surface area contributed by atoms with Crippen molar-refractivity contribution >= 4 is 0 Å². The first-order valence-electron chi connectivity index (χ1n) is 12.1. The Labute approximate surface area is 204 Å². The van der Waals surface area contributed by atoms with Gasteiger partial charge in [-0.15, -0.1) is 0 Å². The standard InChI is InChI=1S/C21H42N2O12/c1-2-3-4-13(22-5-7-32-20-18(30)16(28)14(26)11(9-24)34-20)23-6-8-33-21-19(31)17(29)15(27)12(10-25)35-21/h11-31H,2-10H2,1H3/t11-,12-,14-,15-,16+,17+,18+,19+,20+,21+/m1/s1. The molecule has 10 N–H and O–H groups in total. The molecule has 2 aliphatic heterocycles. The lowest BCUT2D eigenvalue weighted by Crippen LogP contribution is -2.59. The van der Waals surface area contributed by atoms with Crippen LogP contribution < -0.4 is 10.6 Å². The van der Waals surface area contributed by atoms with Crippen LogP contribution in [0.25, 0.3) is 0 Å². The van der Waals surface area contributed by atoms with E-state index in [2.05, 4.69) is 17.6 Å². The summed E-state index contributed by atoms with van der Waals surface area (Å²) in [6.45, 7) is 1.96. The van der Waals surface area contributed by atoms with Crippen molar-refractivity contribution in [3.63, 3.8) is 0 Å². The van der Waals surface area contributed by atoms with E-state index in [1.54, 1.807) is 0 Å². The van der Waals surface area contributed by atoms with Crippen molar-refractivity contribution in [1.82, 2.24) is 10.6 Å². The summed E-state index contributed by atoms with van der Waals surface area (Å²) in [5.74, 6) is 0. The van der Waals surface area contributed by atoms with Gasteiger partial charge in [0.2, 0.25) is 0 Å². The highest BCUT2D eigenvalue weighted by Gasteiger charge is 2.45. The predicted molar refractivity (Wildman–Crippen MR) is 119 cm³/mol. The van der Waals surface area contributed by atoms with Gasteiger partial charge in [0, 0.05) is 13.1 Å². The van der Waals surface area contributed by atoms with E-state index in [0.29, 0.717) is 13.1 Å². The van der Waals surface area contributed by atoms with E-state index in [1.807, 2.05) is 0 Å². The fraction of sp³-hybridized carbons (Fsp3) is 1.00. The second-order valence-electron chi connectivity index (χ2n) is 8.74. The highest BCUT2D eigenvalue weighted by Crippen LogP contribution is 2.22. The molecule has 0 unspecified atom stereocenters. The number of rotatable bonds is 15. The lowest BCUT2D eigenvalue weighted by molar-refractivity contribution is -0.300. The van der Waals surface area contributed by atoms with Gasteiger partial charge in [-0.2, -0.15) is 0 Å². The summed E-state index contributed by atoms with van der Waals surface area (Å²) in [6, 6.07) is 0. The molecule has 2 saturated heterocycles. The third kappa shape index (κ3) is 8.76. The van der Waals surface area contributed by atoms with Gasteiger partial charge < -0.3 is 59.8 Å². The van der Waals surface area contributed by atoms with E-state index >= 15 is 0 Å². The van der Waals surface area contributed by atoms with Crippen LogP contribution in [0.2, 0.25) is 0 Å². The summed E-state index contributed by atoms with van der Waals surface area (Å²) < 4.78 is 21.6. The fourth-order valence-electron chi connectivity index (χ4n) is 3.91. The third-order valence-corrected chi connectivity index (χ3v) is 6.09. The number of aliphatic hydroxyl groups is 8. The van der Waals surface area contributed by atoms with Crippen LogP contribution in [0.3, 0.4) is 0 Å². The molecule has 208 valence electrons. The molecular weight excluding hydrogens is 472 g/mol. The lowest BCUT2D eigenvalue weighted by atomic mass is 9.99. The average Bonchev–Trinajstić information content (AvgIpc) is 2.86. The second kappa shape index (κ2) is 15.6. The minimum absolute atomic E-state index is 0.119. The van der Waals surface area contributed by atoms with E-state index in [4.69, 9.17) is 18.9 Å². The Bertz CT molecular complexity index is 530. The molecule has 2 heterocycles. The Morgan fingerprint density at radius 3 is 1.49 bits per heavy atom. The smallest absolute Gasteiger partial charge is 0.186 e. The number of ether oxygens (including phenoxy) is 4. The van der Waals surface area contributed by atoms with Crippen molar-refractivity contribution in [2.75, 3.05) is 39.5 Å². The summed E-state index contributed by atoms with van der Waals surface area (Å²) in [6.07, 6.45) is -10.7. The van der Waals surface area contributed by atoms with Gasteiger partial charge in [-0.3, -0.25) is 10.6 Å². The highest BCUT2D eigenvalue weighted by atomic mass is 16.7. The van der Waals surface area contributed by atoms with Crippen molar-refractivity contribution in [3.05, 3.63) is 0 Å². The Kier molecular flexibility index (Phi) is 13.7. The number of unbranched alkanes of at least 4 members (excludes halogenated alkanes) is 1. The topological polar surface area (TPSA) is 223 Å². The van der Waals surface area contributed by atoms with Crippen LogP contribution in [-0.2, 0) is 18.9 Å². The molecule has 0 bridgehead atoms. The Balaban J connectivity index is 1.71. The van der Waals surface area contributed by atoms with Gasteiger partial charge in [0.15, 0.2) is 12.6 Å². The van der Waals surface area contributed by atoms with Gasteiger partial charge >= 0.3 is 0 Å². The van der Waals surface area contributed by atoms with Crippen molar-refractivity contribution in [2.24, 2.45) is 0 Å². The number of hydrogen-bond donors (Lipinski definition) is 10. The number of hydrogen-bond acceptors (Lipinski definition) is 14. The minimum atomic E-state index is -1.50. The molecule has 14 nitrogen and oxygen atoms in total. The van der Waals surface area contributed by atoms with Crippen LogP contribution in [0.15, 0.2) is 0 Å². The monoisotopic (exact) mass is 514 g/mol. The van der Waals surface area contributed by atoms with Gasteiger partial charge in [0.05, 0.1) is 32.6 Å². The van der Waals surface area contributed by atoms with Crippen molar-refractivity contribution in [1.29, 1.82) is 0 Å². The summed E-state index contributed by atoms with van der Waals surface area (Å²) in [5, 5.41) is 84.3. The van der Waals surface area contributed by atoms with Crippen molar-refractivity contribution in [3.8, 4) is 0 Å². The predicted octanol–water partition coefficient (Wildman–Crippen LogP) is -4.69. The molecule has 0 saturated carbocycles. The van der Waals surface area contributed by atoms with Crippen LogP contribution in [0, 0.1) is 0 Å². The largest absolute Gasteiger partial charge is 0.394 e. The highest BCUT2D eigenvalue weighted by molar-refractivity contribution is 4.89. The van der Waals surface area contributed by atoms with Crippen LogP contribution in [0.1, 0.15) is 26.2 Å². The van der Waals surface area contributed by atoms with Crippen LogP contribution in [0.4, 0.5) is 0 Å². The fourth-order valence-corrected chi connectivity index (χ4v) is 3.91. The first-order chi connectivity index (χ1) is 16.7. The Hall–Kier alpha value is -0.560. The molecule has 10 atom stereocenters. The van der Waals surface area contributed by atoms with Gasteiger partial charge in [-0.1, -0.05) is 19.8 Å². The zero-order valence-electron chi connectivity index (χ0n) is 19.9. The van der Waals surface area contributed by atoms with Crippen LogP contribution >= 0.6 is 0 Å². The molecular formula is C21H42N2O12. The SMILES string of the molecule is CCCCC(NCCO[C@H]1O[C@H](CO)[C@@H](O)[C@H](O)[C@@H]1O)NCCO[C@H]1O[C@H](CO)[C@@H](O)[C@H](O)[C@@H]1O. The maximum Gasteiger partial charge on any atom is 0.186 e. The summed E-state index contributed by atoms with van der Waals surface area (Å²) >= 11 is 0. The van der Waals surface area contributed by atoms with Crippen LogP contribution in [0.5, 0.6) is 0 Å². The average molecular weight is 515 g/mol. The summed E-state index contributed by atoms with van der Waals surface area (Å²) in [4.78, 5) is 0. The van der Waals surface area contributed by atoms with E-state index in [-0.39, 0.29) is 19.4 Å². The second-order valence-corrected chi connectivity index (χ2v) is 8.74. The molecule has 0 spiro atoms. The summed E-state index contributed by atoms with van der Waals surface area (Å²) in [7, 11) is 0. The van der Waals surface area contributed by atoms with Gasteiger partial charge in [-0.05, 0) is 6.42 Å². The third-order valence-electron chi connectivity index (χ3n) is 6.09. The Morgan fingerprint density at radius 2 is 1.11 bits per heavy atom. The first-order valence-corrected chi connectivity index (χ1v) is 12.1. The quantitative estimate of drug-likeness (QED) is 0.0733. The van der Waals surface area contributed by atoms with Crippen molar-refractivity contribution in [2.45, 2.75) is 93.8 Å². The Morgan fingerprint density at radius 1 is 0.686 bits per heavy atom. The van der Waals surface area contributed by atoms with E-state index in [9.17, 15) is 40.9 Å². The molecule has 2 aliphatic rings. The maximum absolute atomic E-state index is 10.0. The van der Waals surface area contributed by atoms with Gasteiger partial charge in [0.1, 0.15) is 48.8 Å². The molecule has 0 radical (unpaired) electrons. The molecule has 14 heteroatoms. The molecule has 0 aromatic heterocycles. The zero-order valence-corrected chi connectivity index (χ0v) is 19.9. The molecule has 0 aliphatic carbocycles. The zero-order chi connectivity index (χ0) is 26.0. The molecule has 0 amide bonds. The maximum atomic E-state index is 10.0. The molecule has 2 fully saturated rings. The first kappa shape index (κ1) is 30.7. The van der Waals surface area contributed by atoms with E-state index in [1.165, 1.54) is 0 Å². The minimum Gasteiger partial charge on any atom is -0.394 e. The van der Waals surface area contributed by atoms with Gasteiger partial charge in [-0.25, -0.2) is 0 Å². The van der Waals surface area contributed by atoms with Crippen LogP contribution in [-0.4, -0.2) is 148 Å². The normalized spacial score (nSPS) is 38.2. The molecule has 0 aromatic carbocycles. The molecule has 35 heavy (non-hydrogen) atoms. The number of nitrogens with one attached hydrogen (secondary N) is 2. The van der Waals surface area contributed by atoms with Gasteiger partial charge in [0.25, 0.3) is 0 Å². The van der Waals surface area contributed by atoms with E-state index in [0.717, 1.165) is 19.3 Å². The lowest BCUT2D eigenvalue weighted by Gasteiger charge is -2.39.